The molecule has 1 aliphatic carbocycles. The van der Waals surface area contributed by atoms with E-state index in [9.17, 15) is 13.2 Å². The molecule has 0 bridgehead atoms. The molecule has 0 amide bonds. The number of halogens is 2. The Bertz CT molecular complexity index is 1710. The van der Waals surface area contributed by atoms with Gasteiger partial charge in [0.1, 0.15) is 35.0 Å². The molecule has 0 saturated carbocycles. The van der Waals surface area contributed by atoms with Crippen molar-refractivity contribution in [3.05, 3.63) is 75.8 Å². The summed E-state index contributed by atoms with van der Waals surface area (Å²) in [5.41, 5.74) is 4.50. The molecule has 2 atom stereocenters. The van der Waals surface area contributed by atoms with Gasteiger partial charge in [0, 0.05) is 53.7 Å². The summed E-state index contributed by atoms with van der Waals surface area (Å²) in [7, 11) is -1.83. The molecule has 0 radical (unpaired) electrons. The van der Waals surface area contributed by atoms with Crippen LogP contribution in [0.25, 0.3) is 11.1 Å². The minimum atomic E-state index is -3.19. The molecule has 6 rings (SSSR count). The van der Waals surface area contributed by atoms with Crippen LogP contribution in [0.1, 0.15) is 52.7 Å². The molecule has 0 N–H and O–H groups in total. The van der Waals surface area contributed by atoms with Crippen LogP contribution in [-0.4, -0.2) is 58.4 Å². The van der Waals surface area contributed by atoms with Crippen LogP contribution < -0.4 is 14.2 Å². The van der Waals surface area contributed by atoms with Gasteiger partial charge in [-0.25, -0.2) is 21.5 Å². The van der Waals surface area contributed by atoms with Gasteiger partial charge in [0.2, 0.25) is 10.0 Å². The summed E-state index contributed by atoms with van der Waals surface area (Å²) in [6.07, 6.45) is 1.74. The third-order valence-electron chi connectivity index (χ3n) is 8.77. The van der Waals surface area contributed by atoms with E-state index in [1.807, 2.05) is 32.0 Å². The van der Waals surface area contributed by atoms with E-state index in [0.29, 0.717) is 78.6 Å². The van der Waals surface area contributed by atoms with Crippen LogP contribution in [0.5, 0.6) is 17.2 Å². The van der Waals surface area contributed by atoms with E-state index in [4.69, 9.17) is 18.9 Å². The molecular formula is C33H35F2NO7S. The summed E-state index contributed by atoms with van der Waals surface area (Å²) in [6.45, 7) is 5.35. The fraction of sp³-hybridized carbons (Fsp3) is 0.424. The van der Waals surface area contributed by atoms with Gasteiger partial charge < -0.3 is 18.9 Å². The number of rotatable bonds is 9. The number of ether oxygens (including phenoxy) is 4. The molecule has 0 aromatic heterocycles. The molecule has 2 aliphatic heterocycles. The van der Waals surface area contributed by atoms with Gasteiger partial charge in [0.25, 0.3) is 0 Å². The highest BCUT2D eigenvalue weighted by atomic mass is 32.2. The van der Waals surface area contributed by atoms with Crippen LogP contribution in [0.2, 0.25) is 0 Å². The molecule has 3 aromatic carbocycles. The summed E-state index contributed by atoms with van der Waals surface area (Å²) < 4.78 is 78.4. The molecule has 0 spiro atoms. The first kappa shape index (κ1) is 30.3. The molecule has 1 saturated heterocycles. The van der Waals surface area contributed by atoms with Crippen LogP contribution >= 0.6 is 0 Å². The number of carbonyl (C=O) groups excluding carboxylic acids is 1. The minimum Gasteiger partial charge on any atom is -0.493 e. The van der Waals surface area contributed by atoms with Crippen LogP contribution in [0, 0.1) is 31.4 Å². The Morgan fingerprint density at radius 2 is 1.75 bits per heavy atom. The summed E-state index contributed by atoms with van der Waals surface area (Å²) >= 11 is 0. The molecule has 11 heteroatoms. The number of benzene rings is 3. The number of carbonyl (C=O) groups is 1. The molecule has 3 aromatic rings. The number of esters is 1. The Hall–Kier alpha value is -3.70. The highest BCUT2D eigenvalue weighted by Gasteiger charge is 2.35. The van der Waals surface area contributed by atoms with E-state index < -0.39 is 27.8 Å². The molecule has 1 unspecified atom stereocenters. The number of hydrogen-bond donors (Lipinski definition) is 0. The summed E-state index contributed by atoms with van der Waals surface area (Å²) in [4.78, 5) is 11.8. The van der Waals surface area contributed by atoms with E-state index in [2.05, 4.69) is 0 Å². The molecule has 8 nitrogen and oxygen atoms in total. The van der Waals surface area contributed by atoms with E-state index in [-0.39, 0.29) is 24.2 Å². The van der Waals surface area contributed by atoms with Gasteiger partial charge in [0.15, 0.2) is 0 Å². The van der Waals surface area contributed by atoms with E-state index in [1.165, 1.54) is 17.7 Å². The lowest BCUT2D eigenvalue weighted by Crippen LogP contribution is -2.51. The van der Waals surface area contributed by atoms with E-state index >= 15 is 8.78 Å². The third kappa shape index (κ3) is 5.75. The maximum atomic E-state index is 15.5. The monoisotopic (exact) mass is 627 g/mol. The van der Waals surface area contributed by atoms with E-state index in [1.54, 1.807) is 12.1 Å². The highest BCUT2D eigenvalue weighted by Crippen LogP contribution is 2.46. The minimum absolute atomic E-state index is 0.103. The van der Waals surface area contributed by atoms with Crippen molar-refractivity contribution in [2.24, 2.45) is 5.92 Å². The lowest BCUT2D eigenvalue weighted by atomic mass is 9.89. The zero-order valence-corrected chi connectivity index (χ0v) is 25.9. The fourth-order valence-electron chi connectivity index (χ4n) is 6.56. The lowest BCUT2D eigenvalue weighted by Gasteiger charge is -2.36. The molecule has 44 heavy (non-hydrogen) atoms. The topological polar surface area (TPSA) is 91.4 Å². The normalized spacial score (nSPS) is 19.6. The second kappa shape index (κ2) is 11.7. The smallest absolute Gasteiger partial charge is 0.306 e. The van der Waals surface area contributed by atoms with Crippen molar-refractivity contribution in [2.45, 2.75) is 45.1 Å². The Morgan fingerprint density at radius 1 is 1.02 bits per heavy atom. The van der Waals surface area contributed by atoms with Gasteiger partial charge >= 0.3 is 5.97 Å². The Labute approximate surface area is 255 Å². The lowest BCUT2D eigenvalue weighted by molar-refractivity contribution is -0.141. The van der Waals surface area contributed by atoms with Crippen molar-refractivity contribution in [3.63, 3.8) is 0 Å². The summed E-state index contributed by atoms with van der Waals surface area (Å²) in [6, 6.07) is 10.0. The molecule has 3 aliphatic rings. The van der Waals surface area contributed by atoms with Gasteiger partial charge in [-0.05, 0) is 67.1 Å². The number of sulfonamides is 1. The van der Waals surface area contributed by atoms with Gasteiger partial charge in [-0.1, -0.05) is 6.07 Å². The van der Waals surface area contributed by atoms with Gasteiger partial charge in [-0.15, -0.1) is 0 Å². The third-order valence-corrected chi connectivity index (χ3v) is 10.0. The zero-order valence-electron chi connectivity index (χ0n) is 25.1. The van der Waals surface area contributed by atoms with Crippen molar-refractivity contribution in [1.29, 1.82) is 0 Å². The first-order chi connectivity index (χ1) is 20.9. The Morgan fingerprint density at radius 3 is 2.43 bits per heavy atom. The predicted octanol–water partition coefficient (Wildman–Crippen LogP) is 5.62. The van der Waals surface area contributed by atoms with Crippen LogP contribution in [0.3, 0.4) is 0 Å². The summed E-state index contributed by atoms with van der Waals surface area (Å²) in [5, 5.41) is 0. The largest absolute Gasteiger partial charge is 0.493 e. The van der Waals surface area contributed by atoms with E-state index in [0.717, 1.165) is 22.8 Å². The van der Waals surface area contributed by atoms with Crippen molar-refractivity contribution in [3.8, 4) is 28.4 Å². The number of nitrogens with zero attached hydrogens (tertiary/aromatic N) is 1. The highest BCUT2D eigenvalue weighted by molar-refractivity contribution is 7.88. The maximum Gasteiger partial charge on any atom is 0.306 e. The Kier molecular flexibility index (Phi) is 8.04. The predicted molar refractivity (Wildman–Crippen MR) is 160 cm³/mol. The van der Waals surface area contributed by atoms with Gasteiger partial charge in [0.05, 0.1) is 33.0 Å². The molecule has 2 heterocycles. The first-order valence-electron chi connectivity index (χ1n) is 14.6. The van der Waals surface area contributed by atoms with Gasteiger partial charge in [-0.2, -0.15) is 0 Å². The fourth-order valence-corrected chi connectivity index (χ4v) is 7.53. The number of fused-ring (bicyclic) bond motifs is 2. The van der Waals surface area contributed by atoms with Crippen molar-refractivity contribution < 1.29 is 40.9 Å². The van der Waals surface area contributed by atoms with Crippen molar-refractivity contribution in [1.82, 2.24) is 4.31 Å². The average Bonchev–Trinajstić information content (AvgIpc) is 3.52. The van der Waals surface area contributed by atoms with Crippen LogP contribution in [0.15, 0.2) is 36.4 Å². The Balaban J connectivity index is 1.21. The second-order valence-corrected chi connectivity index (χ2v) is 13.9. The van der Waals surface area contributed by atoms with Crippen LogP contribution in [0.4, 0.5) is 8.78 Å². The van der Waals surface area contributed by atoms with Crippen molar-refractivity contribution >= 4 is 16.0 Å². The number of hydrogen-bond acceptors (Lipinski definition) is 7. The second-order valence-electron chi connectivity index (χ2n) is 11.9. The van der Waals surface area contributed by atoms with Crippen LogP contribution in [-0.2, 0) is 26.0 Å². The van der Waals surface area contributed by atoms with Crippen molar-refractivity contribution in [2.75, 3.05) is 39.7 Å². The number of aryl methyl sites for hydroxylation is 2. The molecule has 234 valence electrons. The SMILES string of the molecule is COC(=O)C[C@@H]1COc2cc(OC3CCc4c(-c5c(C)cc(OCC6CN(S(C)(=O)=O)C6)cc5C)c(F)cc(F)c43)ccc21. The average molecular weight is 628 g/mol. The quantitative estimate of drug-likeness (QED) is 0.284. The maximum absolute atomic E-state index is 15.5. The molecule has 1 fully saturated rings. The standard InChI is InChI=1S/C33H35F2NO7S/c1-18-9-23(41-16-20-14-36(15-20)44(4,38)39)10-19(2)31(18)33-25-7-8-28(32(25)26(34)13-27(33)35)43-22-5-6-24-21(11-30(37)40-3)17-42-29(24)12-22/h5-6,9-10,12-13,20-21,28H,7-8,11,14-17H2,1-4H3/t21-,28?/m1/s1. The summed E-state index contributed by atoms with van der Waals surface area (Å²) in [5.74, 6) is 0.176. The number of methoxy groups -OCH3 is 1. The zero-order chi connectivity index (χ0) is 31.3. The van der Waals surface area contributed by atoms with Gasteiger partial charge in [-0.3, -0.25) is 4.79 Å². The first-order valence-corrected chi connectivity index (χ1v) is 16.5. The molecular weight excluding hydrogens is 592 g/mol.